The fraction of sp³-hybridized carbons (Fsp3) is 0.179. The van der Waals surface area contributed by atoms with Crippen LogP contribution in [0.25, 0.3) is 5.65 Å². The van der Waals surface area contributed by atoms with Crippen molar-refractivity contribution in [3.8, 4) is 11.6 Å². The van der Waals surface area contributed by atoms with Gasteiger partial charge in [-0.1, -0.05) is 30.7 Å². The van der Waals surface area contributed by atoms with Crippen LogP contribution in [0.5, 0.6) is 11.6 Å². The lowest BCUT2D eigenvalue weighted by Crippen LogP contribution is -2.44. The Morgan fingerprint density at radius 1 is 1.05 bits per heavy atom. The van der Waals surface area contributed by atoms with Crippen molar-refractivity contribution in [1.29, 1.82) is 0 Å². The van der Waals surface area contributed by atoms with Gasteiger partial charge in [0.2, 0.25) is 11.8 Å². The highest BCUT2D eigenvalue weighted by Crippen LogP contribution is 2.23. The number of aromatic nitrogens is 5. The van der Waals surface area contributed by atoms with E-state index in [1.54, 1.807) is 84.5 Å². The lowest BCUT2D eigenvalue weighted by Gasteiger charge is -2.18. The molecule has 42 heavy (non-hydrogen) atoms. The largest absolute Gasteiger partial charge is 0.438 e. The van der Waals surface area contributed by atoms with E-state index >= 15 is 0 Å². The third-order valence-electron chi connectivity index (χ3n) is 6.26. The number of hydrogen-bond donors (Lipinski definition) is 2. The molecule has 3 aromatic heterocycles. The minimum atomic E-state index is -1.57. The number of ether oxygens (including phenoxy) is 1. The summed E-state index contributed by atoms with van der Waals surface area (Å²) in [6, 6.07) is 18.7. The van der Waals surface area contributed by atoms with Gasteiger partial charge in [0.05, 0.1) is 12.5 Å². The highest BCUT2D eigenvalue weighted by molar-refractivity contribution is 7.82. The standard InChI is InChI=1S/C28H26ClN7O5S/c1-18(27(38)33-42(2)40)16-35-26(37)15-24(34(28(35)39)17-19-3-5-20(29)6-4-19)31-21-7-9-22(10-8-21)41-25-12-11-23-30-13-14-36(23)32-25/h3-15,18,31H,16-17H2,1-2H3,(H,33,38)/t18-,42?/m0/s1. The highest BCUT2D eigenvalue weighted by atomic mass is 35.5. The van der Waals surface area contributed by atoms with Gasteiger partial charge in [0.25, 0.3) is 5.56 Å². The third kappa shape index (κ3) is 6.75. The molecule has 0 saturated carbocycles. The number of benzene rings is 2. The molecule has 1 unspecified atom stereocenters. The van der Waals surface area contributed by atoms with Crippen molar-refractivity contribution < 1.29 is 13.7 Å². The molecule has 0 spiro atoms. The van der Waals surface area contributed by atoms with Crippen molar-refractivity contribution in [3.63, 3.8) is 0 Å². The van der Waals surface area contributed by atoms with Gasteiger partial charge in [-0.3, -0.25) is 23.4 Å². The van der Waals surface area contributed by atoms with Gasteiger partial charge in [-0.2, -0.15) is 0 Å². The Hall–Kier alpha value is -4.75. The average molecular weight is 608 g/mol. The van der Waals surface area contributed by atoms with Crippen molar-refractivity contribution in [2.45, 2.75) is 20.0 Å². The van der Waals surface area contributed by atoms with Gasteiger partial charge in [0.1, 0.15) is 22.6 Å². The monoisotopic (exact) mass is 607 g/mol. The number of carbonyl (C=O) groups is 1. The molecule has 5 rings (SSSR count). The maximum Gasteiger partial charge on any atom is 0.332 e. The van der Waals surface area contributed by atoms with Gasteiger partial charge in [0.15, 0.2) is 5.65 Å². The van der Waals surface area contributed by atoms with Crippen LogP contribution >= 0.6 is 11.6 Å². The normalized spacial score (nSPS) is 12.5. The Labute approximate surface area is 247 Å². The summed E-state index contributed by atoms with van der Waals surface area (Å²) in [5.41, 5.74) is 0.864. The Balaban J connectivity index is 1.42. The number of hydrogen-bond acceptors (Lipinski definition) is 8. The van der Waals surface area contributed by atoms with E-state index in [1.165, 1.54) is 16.9 Å². The minimum Gasteiger partial charge on any atom is -0.438 e. The summed E-state index contributed by atoms with van der Waals surface area (Å²) in [4.78, 5) is 43.2. The van der Waals surface area contributed by atoms with Crippen LogP contribution in [-0.4, -0.2) is 40.1 Å². The number of amides is 1. The van der Waals surface area contributed by atoms with Crippen LogP contribution in [0.15, 0.2) is 88.7 Å². The fourth-order valence-electron chi connectivity index (χ4n) is 4.14. The molecule has 5 aromatic rings. The zero-order chi connectivity index (χ0) is 29.8. The average Bonchev–Trinajstić information content (AvgIpc) is 3.43. The van der Waals surface area contributed by atoms with E-state index < -0.39 is 34.1 Å². The predicted molar refractivity (Wildman–Crippen MR) is 160 cm³/mol. The van der Waals surface area contributed by atoms with Gasteiger partial charge in [0, 0.05) is 48.0 Å². The molecule has 0 radical (unpaired) electrons. The number of anilines is 2. The van der Waals surface area contributed by atoms with Crippen molar-refractivity contribution in [2.24, 2.45) is 5.92 Å². The number of imidazole rings is 1. The van der Waals surface area contributed by atoms with E-state index in [4.69, 9.17) is 16.3 Å². The number of carbonyl (C=O) groups excluding carboxylic acids is 1. The molecular formula is C28H26ClN7O5S. The van der Waals surface area contributed by atoms with Gasteiger partial charge in [-0.15, -0.1) is 5.10 Å². The maximum absolute atomic E-state index is 13.6. The van der Waals surface area contributed by atoms with Gasteiger partial charge < -0.3 is 10.1 Å². The van der Waals surface area contributed by atoms with E-state index in [0.717, 1.165) is 10.1 Å². The van der Waals surface area contributed by atoms with Crippen molar-refractivity contribution >= 4 is 45.6 Å². The first-order chi connectivity index (χ1) is 20.2. The zero-order valence-electron chi connectivity index (χ0n) is 22.6. The van der Waals surface area contributed by atoms with Crippen LogP contribution in [0.4, 0.5) is 11.5 Å². The molecule has 14 heteroatoms. The molecule has 0 bridgehead atoms. The molecule has 0 fully saturated rings. The molecule has 0 aliphatic carbocycles. The summed E-state index contributed by atoms with van der Waals surface area (Å²) in [5, 5.41) is 8.04. The molecule has 2 atom stereocenters. The minimum absolute atomic E-state index is 0.127. The van der Waals surface area contributed by atoms with E-state index in [2.05, 4.69) is 20.1 Å². The lowest BCUT2D eigenvalue weighted by atomic mass is 10.1. The molecule has 12 nitrogen and oxygen atoms in total. The van der Waals surface area contributed by atoms with Crippen molar-refractivity contribution in [3.05, 3.63) is 111 Å². The first kappa shape index (κ1) is 28.8. The van der Waals surface area contributed by atoms with Crippen molar-refractivity contribution in [2.75, 3.05) is 11.6 Å². The second-order valence-corrected chi connectivity index (χ2v) is 11.0. The third-order valence-corrected chi connectivity index (χ3v) is 7.00. The van der Waals surface area contributed by atoms with Crippen LogP contribution in [0, 0.1) is 5.92 Å². The number of rotatable bonds is 10. The van der Waals surface area contributed by atoms with Crippen LogP contribution < -0.4 is 26.0 Å². The molecule has 0 saturated heterocycles. The van der Waals surface area contributed by atoms with E-state index in [0.29, 0.717) is 28.0 Å². The first-order valence-corrected chi connectivity index (χ1v) is 14.7. The smallest absolute Gasteiger partial charge is 0.332 e. The molecule has 2 aromatic carbocycles. The van der Waals surface area contributed by atoms with Crippen LogP contribution in [-0.2, 0) is 28.9 Å². The van der Waals surface area contributed by atoms with Crippen LogP contribution in [0.2, 0.25) is 5.02 Å². The number of fused-ring (bicyclic) bond motifs is 1. The molecular weight excluding hydrogens is 582 g/mol. The SMILES string of the molecule is C[C@@H](Cn1c(=O)cc(Nc2ccc(Oc3ccc4nccn4n3)cc2)n(Cc2ccc(Cl)cc2)c1=O)C(=O)NS(C)=O. The summed E-state index contributed by atoms with van der Waals surface area (Å²) < 4.78 is 23.6. The Morgan fingerprint density at radius 2 is 1.79 bits per heavy atom. The Kier molecular flexibility index (Phi) is 8.50. The maximum atomic E-state index is 13.6. The molecule has 216 valence electrons. The second-order valence-electron chi connectivity index (χ2n) is 9.45. The fourth-order valence-corrected chi connectivity index (χ4v) is 4.75. The molecule has 0 aliphatic heterocycles. The van der Waals surface area contributed by atoms with Crippen LogP contribution in [0.3, 0.4) is 0 Å². The highest BCUT2D eigenvalue weighted by Gasteiger charge is 2.19. The Morgan fingerprint density at radius 3 is 2.50 bits per heavy atom. The molecule has 2 N–H and O–H groups in total. The van der Waals surface area contributed by atoms with Crippen molar-refractivity contribution in [1.82, 2.24) is 28.5 Å². The quantitative estimate of drug-likeness (QED) is 0.246. The van der Waals surface area contributed by atoms with E-state index in [1.807, 2.05) is 0 Å². The number of nitrogens with zero attached hydrogens (tertiary/aromatic N) is 5. The second kappa shape index (κ2) is 12.4. The van der Waals surface area contributed by atoms with Gasteiger partial charge >= 0.3 is 5.69 Å². The lowest BCUT2D eigenvalue weighted by molar-refractivity contribution is -0.123. The molecule has 0 aliphatic rings. The molecule has 3 heterocycles. The predicted octanol–water partition coefficient (Wildman–Crippen LogP) is 3.34. The summed E-state index contributed by atoms with van der Waals surface area (Å²) in [7, 11) is -1.57. The van der Waals surface area contributed by atoms with Crippen LogP contribution in [0.1, 0.15) is 12.5 Å². The van der Waals surface area contributed by atoms with E-state index in [-0.39, 0.29) is 18.9 Å². The van der Waals surface area contributed by atoms with Gasteiger partial charge in [-0.25, -0.2) is 18.5 Å². The number of halogens is 1. The first-order valence-electron chi connectivity index (χ1n) is 12.7. The summed E-state index contributed by atoms with van der Waals surface area (Å²) in [5.74, 6) is -0.144. The van der Waals surface area contributed by atoms with E-state index in [9.17, 15) is 18.6 Å². The summed E-state index contributed by atoms with van der Waals surface area (Å²) in [6.07, 6.45) is 4.69. The zero-order valence-corrected chi connectivity index (χ0v) is 24.1. The Bertz CT molecular complexity index is 1880. The van der Waals surface area contributed by atoms with Gasteiger partial charge in [-0.05, 0) is 48.0 Å². The summed E-state index contributed by atoms with van der Waals surface area (Å²) >= 11 is 6.03. The number of nitrogens with one attached hydrogen (secondary N) is 2. The topological polar surface area (TPSA) is 142 Å². The molecule has 1 amide bonds. The summed E-state index contributed by atoms with van der Waals surface area (Å²) in [6.45, 7) is 1.49.